The van der Waals surface area contributed by atoms with Crippen molar-refractivity contribution in [2.24, 2.45) is 23.3 Å². The van der Waals surface area contributed by atoms with E-state index in [1.54, 1.807) is 4.90 Å². The van der Waals surface area contributed by atoms with Gasteiger partial charge in [0.25, 0.3) is 0 Å². The molecule has 5 nitrogen and oxygen atoms in total. The summed E-state index contributed by atoms with van der Waals surface area (Å²) in [6, 6.07) is -0.360. The van der Waals surface area contributed by atoms with Gasteiger partial charge in [0.1, 0.15) is 6.04 Å². The van der Waals surface area contributed by atoms with Crippen LogP contribution in [0.5, 0.6) is 0 Å². The van der Waals surface area contributed by atoms with Crippen molar-refractivity contribution >= 4 is 11.8 Å². The van der Waals surface area contributed by atoms with Crippen LogP contribution in [0.15, 0.2) is 0 Å². The smallest absolute Gasteiger partial charge is 0.240 e. The molecule has 0 radical (unpaired) electrons. The number of nitrogens with two attached hydrogens (primary N) is 2. The molecule has 5 heteroatoms. The summed E-state index contributed by atoms with van der Waals surface area (Å²) in [7, 11) is 0. The van der Waals surface area contributed by atoms with Crippen LogP contribution in [0.25, 0.3) is 0 Å². The Kier molecular flexibility index (Phi) is 2.19. The summed E-state index contributed by atoms with van der Waals surface area (Å²) in [5, 5.41) is 0. The van der Waals surface area contributed by atoms with Crippen molar-refractivity contribution in [3.8, 4) is 0 Å². The predicted octanol–water partition coefficient (Wildman–Crippen LogP) is -1.33. The first-order chi connectivity index (χ1) is 6.65. The molecule has 2 aliphatic rings. The van der Waals surface area contributed by atoms with Crippen molar-refractivity contribution in [1.82, 2.24) is 4.90 Å². The van der Waals surface area contributed by atoms with Crippen LogP contribution in [0.4, 0.5) is 0 Å². The third kappa shape index (κ3) is 1.37. The van der Waals surface area contributed by atoms with Crippen molar-refractivity contribution in [1.29, 1.82) is 0 Å². The number of hydrogen-bond acceptors (Lipinski definition) is 3. The molecule has 1 heterocycles. The van der Waals surface area contributed by atoms with Crippen LogP contribution in [-0.2, 0) is 9.59 Å². The quantitative estimate of drug-likeness (QED) is 0.587. The van der Waals surface area contributed by atoms with Crippen molar-refractivity contribution in [3.05, 3.63) is 0 Å². The molecule has 4 N–H and O–H groups in total. The van der Waals surface area contributed by atoms with Crippen LogP contribution in [-0.4, -0.2) is 35.8 Å². The van der Waals surface area contributed by atoms with Crippen molar-refractivity contribution in [3.63, 3.8) is 0 Å². The van der Waals surface area contributed by atoms with Crippen LogP contribution in [0.2, 0.25) is 0 Å². The molecule has 0 bridgehead atoms. The third-order valence-electron chi connectivity index (χ3n) is 3.17. The Labute approximate surface area is 82.4 Å². The van der Waals surface area contributed by atoms with Gasteiger partial charge in [0.05, 0.1) is 0 Å². The number of likely N-dealkylation sites (tertiary alicyclic amines) is 1. The van der Waals surface area contributed by atoms with Gasteiger partial charge in [-0.05, 0) is 25.3 Å². The monoisotopic (exact) mass is 197 g/mol. The maximum absolute atomic E-state index is 11.7. The van der Waals surface area contributed by atoms with E-state index in [1.807, 2.05) is 0 Å². The van der Waals surface area contributed by atoms with Gasteiger partial charge in [0.2, 0.25) is 11.8 Å². The maximum Gasteiger partial charge on any atom is 0.240 e. The molecule has 0 aromatic carbocycles. The summed E-state index contributed by atoms with van der Waals surface area (Å²) in [4.78, 5) is 24.2. The Morgan fingerprint density at radius 1 is 1.43 bits per heavy atom. The summed E-state index contributed by atoms with van der Waals surface area (Å²) in [5.74, 6) is 0.0591. The topological polar surface area (TPSA) is 89.4 Å². The molecule has 1 aliphatic heterocycles. The SMILES string of the molecule is NC[C@@H]1C[C@@H]1C(=O)N1CCC1C(N)=O. The van der Waals surface area contributed by atoms with E-state index < -0.39 is 5.91 Å². The fourth-order valence-electron chi connectivity index (χ4n) is 1.97. The third-order valence-corrected chi connectivity index (χ3v) is 3.17. The number of nitrogens with zero attached hydrogens (tertiary/aromatic N) is 1. The lowest BCUT2D eigenvalue weighted by molar-refractivity contribution is -0.147. The van der Waals surface area contributed by atoms with Crippen LogP contribution in [0.1, 0.15) is 12.8 Å². The van der Waals surface area contributed by atoms with E-state index >= 15 is 0 Å². The average Bonchev–Trinajstić information content (AvgIpc) is 2.78. The molecule has 2 rings (SSSR count). The first kappa shape index (κ1) is 9.45. The molecular weight excluding hydrogens is 182 g/mol. The van der Waals surface area contributed by atoms with Crippen LogP contribution >= 0.6 is 0 Å². The molecule has 1 unspecified atom stereocenters. The zero-order valence-corrected chi connectivity index (χ0v) is 7.98. The van der Waals surface area contributed by atoms with Crippen LogP contribution in [0, 0.1) is 11.8 Å². The number of carbonyl (C=O) groups excluding carboxylic acids is 2. The zero-order valence-electron chi connectivity index (χ0n) is 7.98. The van der Waals surface area contributed by atoms with Gasteiger partial charge in [-0.3, -0.25) is 9.59 Å². The lowest BCUT2D eigenvalue weighted by Crippen LogP contribution is -2.57. The van der Waals surface area contributed by atoms with Gasteiger partial charge in [-0.25, -0.2) is 0 Å². The molecule has 1 aliphatic carbocycles. The first-order valence-electron chi connectivity index (χ1n) is 4.95. The molecule has 2 amide bonds. The van der Waals surface area contributed by atoms with Gasteiger partial charge in [-0.1, -0.05) is 0 Å². The molecule has 14 heavy (non-hydrogen) atoms. The first-order valence-corrected chi connectivity index (χ1v) is 4.95. The molecular formula is C9H15N3O2. The second-order valence-corrected chi connectivity index (χ2v) is 4.08. The van der Waals surface area contributed by atoms with Gasteiger partial charge in [0.15, 0.2) is 0 Å². The van der Waals surface area contributed by atoms with E-state index in [0.717, 1.165) is 6.42 Å². The van der Waals surface area contributed by atoms with Crippen molar-refractivity contribution < 1.29 is 9.59 Å². The van der Waals surface area contributed by atoms with Gasteiger partial charge in [-0.2, -0.15) is 0 Å². The van der Waals surface area contributed by atoms with Crippen molar-refractivity contribution in [2.75, 3.05) is 13.1 Å². The largest absolute Gasteiger partial charge is 0.368 e. The Morgan fingerprint density at radius 2 is 2.14 bits per heavy atom. The maximum atomic E-state index is 11.7. The zero-order chi connectivity index (χ0) is 10.3. The van der Waals surface area contributed by atoms with E-state index in [2.05, 4.69) is 0 Å². The highest BCUT2D eigenvalue weighted by Crippen LogP contribution is 2.40. The molecule has 2 fully saturated rings. The molecule has 78 valence electrons. The fourth-order valence-corrected chi connectivity index (χ4v) is 1.97. The highest BCUT2D eigenvalue weighted by atomic mass is 16.2. The van der Waals surface area contributed by atoms with Gasteiger partial charge < -0.3 is 16.4 Å². The number of carbonyl (C=O) groups is 2. The molecule has 0 spiro atoms. The summed E-state index contributed by atoms with van der Waals surface area (Å²) >= 11 is 0. The van der Waals surface area contributed by atoms with E-state index in [-0.39, 0.29) is 17.9 Å². The Balaban J connectivity index is 1.90. The second kappa shape index (κ2) is 3.24. The van der Waals surface area contributed by atoms with Gasteiger partial charge in [-0.15, -0.1) is 0 Å². The summed E-state index contributed by atoms with van der Waals surface area (Å²) in [5.41, 5.74) is 10.6. The van der Waals surface area contributed by atoms with E-state index in [9.17, 15) is 9.59 Å². The van der Waals surface area contributed by atoms with E-state index in [4.69, 9.17) is 11.5 Å². The Morgan fingerprint density at radius 3 is 2.50 bits per heavy atom. The highest BCUT2D eigenvalue weighted by Gasteiger charge is 2.48. The fraction of sp³-hybridized carbons (Fsp3) is 0.778. The van der Waals surface area contributed by atoms with Crippen LogP contribution in [0.3, 0.4) is 0 Å². The lowest BCUT2D eigenvalue weighted by Gasteiger charge is -2.39. The van der Waals surface area contributed by atoms with Crippen molar-refractivity contribution in [2.45, 2.75) is 18.9 Å². The Hall–Kier alpha value is -1.10. The second-order valence-electron chi connectivity index (χ2n) is 4.08. The van der Waals surface area contributed by atoms with Gasteiger partial charge >= 0.3 is 0 Å². The summed E-state index contributed by atoms with van der Waals surface area (Å²) in [6.07, 6.45) is 1.58. The number of amides is 2. The minimum atomic E-state index is -0.394. The highest BCUT2D eigenvalue weighted by molar-refractivity contribution is 5.90. The predicted molar refractivity (Wildman–Crippen MR) is 50.0 cm³/mol. The standard InChI is InChI=1S/C9H15N3O2/c10-4-5-3-6(5)9(14)12-2-1-7(12)8(11)13/h5-7H,1-4,10H2,(H2,11,13)/t5-,6-,7?/m0/s1. The molecule has 0 aromatic heterocycles. The number of hydrogen-bond donors (Lipinski definition) is 2. The van der Waals surface area contributed by atoms with Crippen LogP contribution < -0.4 is 11.5 Å². The minimum absolute atomic E-state index is 0.0575. The summed E-state index contributed by atoms with van der Waals surface area (Å²) in [6.45, 7) is 1.23. The van der Waals surface area contributed by atoms with Gasteiger partial charge in [0, 0.05) is 12.5 Å². The molecule has 1 saturated carbocycles. The summed E-state index contributed by atoms with van der Waals surface area (Å²) < 4.78 is 0. The molecule has 3 atom stereocenters. The minimum Gasteiger partial charge on any atom is -0.368 e. The van der Waals surface area contributed by atoms with E-state index in [1.165, 1.54) is 0 Å². The molecule has 0 aromatic rings. The number of primary amides is 1. The lowest BCUT2D eigenvalue weighted by atomic mass is 10.0. The molecule has 1 saturated heterocycles. The Bertz CT molecular complexity index is 279. The normalized spacial score (nSPS) is 34.9. The average molecular weight is 197 g/mol. The number of rotatable bonds is 3. The van der Waals surface area contributed by atoms with E-state index in [0.29, 0.717) is 25.4 Å².